The van der Waals surface area contributed by atoms with E-state index in [-0.39, 0.29) is 12.8 Å². The molecule has 0 heterocycles. The molecular weight excluding hydrogens is 309 g/mol. The van der Waals surface area contributed by atoms with E-state index in [2.05, 4.69) is 5.32 Å². The Bertz CT molecular complexity index is 457. The van der Waals surface area contributed by atoms with Gasteiger partial charge < -0.3 is 30.3 Å². The zero-order valence-electron chi connectivity index (χ0n) is 13.2. The molecule has 23 heavy (non-hydrogen) atoms. The van der Waals surface area contributed by atoms with E-state index in [4.69, 9.17) is 25.0 Å². The molecule has 1 amide bonds. The van der Waals surface area contributed by atoms with Crippen molar-refractivity contribution in [3.8, 4) is 0 Å². The SMILES string of the molecule is CC(C)(C)OC(=O)N[C@H](C[C@H](C/C=C/B(O)O)C(=O)O)C(=O)O. The van der Waals surface area contributed by atoms with Gasteiger partial charge in [-0.3, -0.25) is 4.79 Å². The van der Waals surface area contributed by atoms with E-state index in [0.717, 1.165) is 5.98 Å². The number of carboxylic acids is 2. The summed E-state index contributed by atoms with van der Waals surface area (Å²) in [6.07, 6.45) is -0.242. The zero-order chi connectivity index (χ0) is 18.2. The monoisotopic (exact) mass is 331 g/mol. The molecule has 10 heteroatoms. The van der Waals surface area contributed by atoms with E-state index < -0.39 is 42.7 Å². The van der Waals surface area contributed by atoms with Gasteiger partial charge in [0, 0.05) is 0 Å². The number of carbonyl (C=O) groups is 3. The van der Waals surface area contributed by atoms with Crippen molar-refractivity contribution in [2.24, 2.45) is 5.92 Å². The summed E-state index contributed by atoms with van der Waals surface area (Å²) in [6, 6.07) is -1.45. The maximum atomic E-state index is 11.6. The fourth-order valence-electron chi connectivity index (χ4n) is 1.62. The molecule has 0 aliphatic rings. The molecule has 2 atom stereocenters. The summed E-state index contributed by atoms with van der Waals surface area (Å²) < 4.78 is 4.93. The summed E-state index contributed by atoms with van der Waals surface area (Å²) >= 11 is 0. The Morgan fingerprint density at radius 2 is 1.74 bits per heavy atom. The number of carbonyl (C=O) groups excluding carboxylic acids is 1. The largest absolute Gasteiger partial charge is 0.481 e. The second-order valence-corrected chi connectivity index (χ2v) is 5.89. The fourth-order valence-corrected chi connectivity index (χ4v) is 1.62. The summed E-state index contributed by atoms with van der Waals surface area (Å²) in [4.78, 5) is 33.9. The van der Waals surface area contributed by atoms with Gasteiger partial charge >= 0.3 is 25.2 Å². The Kier molecular flexibility index (Phi) is 8.34. The molecule has 0 fully saturated rings. The highest BCUT2D eigenvalue weighted by Gasteiger charge is 2.29. The molecule has 0 unspecified atom stereocenters. The Balaban J connectivity index is 4.84. The highest BCUT2D eigenvalue weighted by molar-refractivity contribution is 6.47. The van der Waals surface area contributed by atoms with Crippen molar-refractivity contribution < 1.29 is 39.4 Å². The molecule has 0 saturated carbocycles. The first-order chi connectivity index (χ1) is 10.4. The number of ether oxygens (including phenoxy) is 1. The van der Waals surface area contributed by atoms with Crippen molar-refractivity contribution in [3.05, 3.63) is 12.1 Å². The van der Waals surface area contributed by atoms with Crippen LogP contribution in [0.4, 0.5) is 4.79 Å². The number of rotatable bonds is 8. The topological polar surface area (TPSA) is 153 Å². The van der Waals surface area contributed by atoms with Crippen LogP contribution in [-0.2, 0) is 14.3 Å². The lowest BCUT2D eigenvalue weighted by Gasteiger charge is -2.23. The van der Waals surface area contributed by atoms with Gasteiger partial charge in [-0.2, -0.15) is 0 Å². The Hall–Kier alpha value is -2.07. The van der Waals surface area contributed by atoms with Crippen molar-refractivity contribution in [3.63, 3.8) is 0 Å². The average molecular weight is 331 g/mol. The number of allylic oxidation sites excluding steroid dienone is 1. The summed E-state index contributed by atoms with van der Waals surface area (Å²) in [7, 11) is -1.72. The molecule has 0 aliphatic carbocycles. The lowest BCUT2D eigenvalue weighted by molar-refractivity contribution is -0.144. The molecule has 0 saturated heterocycles. The molecular formula is C13H22BNO8. The van der Waals surface area contributed by atoms with Gasteiger partial charge in [-0.25, -0.2) is 9.59 Å². The normalized spacial score (nSPS) is 14.1. The van der Waals surface area contributed by atoms with Crippen LogP contribution in [0.2, 0.25) is 0 Å². The standard InChI is InChI=1S/C13H22BNO8/c1-13(2,3)23-12(20)15-9(11(18)19)7-8(10(16)17)5-4-6-14(21)22/h4,6,8-9,21-22H,5,7H2,1-3H3,(H,15,20)(H,16,17)(H,18,19)/b6-4+/t8-,9+/m0/s1. The minimum absolute atomic E-state index is 0.118. The van der Waals surface area contributed by atoms with Gasteiger partial charge in [-0.05, 0) is 33.6 Å². The van der Waals surface area contributed by atoms with Crippen LogP contribution in [0.15, 0.2) is 12.1 Å². The summed E-state index contributed by atoms with van der Waals surface area (Å²) in [5.41, 5.74) is -0.820. The van der Waals surface area contributed by atoms with E-state index in [1.807, 2.05) is 0 Å². The molecule has 130 valence electrons. The lowest BCUT2D eigenvalue weighted by atomic mass is 9.89. The molecule has 0 rings (SSSR count). The first-order valence-electron chi connectivity index (χ1n) is 6.90. The third-order valence-electron chi connectivity index (χ3n) is 2.59. The van der Waals surface area contributed by atoms with Crippen LogP contribution in [0.1, 0.15) is 33.6 Å². The van der Waals surface area contributed by atoms with E-state index >= 15 is 0 Å². The van der Waals surface area contributed by atoms with Crippen LogP contribution in [0, 0.1) is 5.92 Å². The third kappa shape index (κ3) is 10.3. The van der Waals surface area contributed by atoms with Crippen molar-refractivity contribution in [2.45, 2.75) is 45.3 Å². The van der Waals surface area contributed by atoms with Crippen molar-refractivity contribution in [1.29, 1.82) is 0 Å². The molecule has 0 aromatic carbocycles. The maximum Gasteiger partial charge on any atom is 0.480 e. The first-order valence-corrected chi connectivity index (χ1v) is 6.90. The Labute approximate surface area is 134 Å². The van der Waals surface area contributed by atoms with Gasteiger partial charge in [0.2, 0.25) is 0 Å². The van der Waals surface area contributed by atoms with Crippen molar-refractivity contribution in [2.75, 3.05) is 0 Å². The van der Waals surface area contributed by atoms with E-state index in [1.54, 1.807) is 20.8 Å². The van der Waals surface area contributed by atoms with E-state index in [0.29, 0.717) is 0 Å². The second kappa shape index (κ2) is 9.16. The molecule has 9 nitrogen and oxygen atoms in total. The van der Waals surface area contributed by atoms with Crippen LogP contribution in [0.3, 0.4) is 0 Å². The van der Waals surface area contributed by atoms with E-state index in [1.165, 1.54) is 6.08 Å². The molecule has 0 bridgehead atoms. The van der Waals surface area contributed by atoms with Gasteiger partial charge in [-0.15, -0.1) is 0 Å². The highest BCUT2D eigenvalue weighted by atomic mass is 16.6. The quantitative estimate of drug-likeness (QED) is 0.390. The van der Waals surface area contributed by atoms with Crippen LogP contribution >= 0.6 is 0 Å². The number of carboxylic acid groups (broad SMARTS) is 2. The highest BCUT2D eigenvalue weighted by Crippen LogP contribution is 2.14. The second-order valence-electron chi connectivity index (χ2n) is 5.89. The maximum absolute atomic E-state index is 11.6. The average Bonchev–Trinajstić information content (AvgIpc) is 2.33. The van der Waals surface area contributed by atoms with E-state index in [9.17, 15) is 14.4 Å². The van der Waals surface area contributed by atoms with Crippen molar-refractivity contribution in [1.82, 2.24) is 5.32 Å². The Morgan fingerprint density at radius 3 is 2.13 bits per heavy atom. The number of nitrogens with one attached hydrogen (secondary N) is 1. The number of alkyl carbamates (subject to hydrolysis) is 1. The smallest absolute Gasteiger partial charge is 0.480 e. The molecule has 0 aromatic rings. The minimum Gasteiger partial charge on any atom is -0.481 e. The minimum atomic E-state index is -1.72. The predicted molar refractivity (Wildman–Crippen MR) is 80.5 cm³/mol. The van der Waals surface area contributed by atoms with Gasteiger partial charge in [-0.1, -0.05) is 12.1 Å². The number of hydrogen-bond donors (Lipinski definition) is 5. The molecule has 0 spiro atoms. The zero-order valence-corrected chi connectivity index (χ0v) is 13.2. The lowest BCUT2D eigenvalue weighted by Crippen LogP contribution is -2.45. The van der Waals surface area contributed by atoms with Gasteiger partial charge in [0.15, 0.2) is 0 Å². The first kappa shape index (κ1) is 20.9. The summed E-state index contributed by atoms with van der Waals surface area (Å²) in [6.45, 7) is 4.81. The molecule has 0 aromatic heterocycles. The van der Waals surface area contributed by atoms with Gasteiger partial charge in [0.1, 0.15) is 11.6 Å². The summed E-state index contributed by atoms with van der Waals surface area (Å²) in [5.74, 6) is -2.82. The van der Waals surface area contributed by atoms with Gasteiger partial charge in [0.05, 0.1) is 5.92 Å². The predicted octanol–water partition coefficient (Wildman–Crippen LogP) is 0.0135. The summed E-state index contributed by atoms with van der Waals surface area (Å²) in [5, 5.41) is 37.6. The van der Waals surface area contributed by atoms with Crippen LogP contribution in [0.25, 0.3) is 0 Å². The van der Waals surface area contributed by atoms with Crippen LogP contribution < -0.4 is 5.32 Å². The van der Waals surface area contributed by atoms with Gasteiger partial charge in [0.25, 0.3) is 0 Å². The third-order valence-corrected chi connectivity index (χ3v) is 2.59. The number of amides is 1. The van der Waals surface area contributed by atoms with Crippen molar-refractivity contribution >= 4 is 25.2 Å². The Morgan fingerprint density at radius 1 is 1.17 bits per heavy atom. The molecule has 0 radical (unpaired) electrons. The van der Waals surface area contributed by atoms with Crippen LogP contribution in [0.5, 0.6) is 0 Å². The van der Waals surface area contributed by atoms with Crippen LogP contribution in [-0.4, -0.2) is 57.1 Å². The molecule has 0 aliphatic heterocycles. The number of hydrogen-bond acceptors (Lipinski definition) is 6. The fraction of sp³-hybridized carbons (Fsp3) is 0.615. The molecule has 5 N–H and O–H groups in total. The number of aliphatic carboxylic acids is 2.